The maximum Gasteiger partial charge on any atom is 0.294 e. The quantitative estimate of drug-likeness (QED) is 0.0310. The van der Waals surface area contributed by atoms with E-state index < -0.39 is 109 Å². The van der Waals surface area contributed by atoms with Crippen LogP contribution in [0.25, 0.3) is 22.0 Å². The zero-order valence-electron chi connectivity index (χ0n) is 36.2. The van der Waals surface area contributed by atoms with Crippen LogP contribution in [0.2, 0.25) is 5.02 Å². The van der Waals surface area contributed by atoms with Crippen LogP contribution in [0.1, 0.15) is 82.3 Å². The summed E-state index contributed by atoms with van der Waals surface area (Å²) in [5.41, 5.74) is -2.91. The predicted molar refractivity (Wildman–Crippen MR) is 236 cm³/mol. The molecule has 14 nitrogen and oxygen atoms in total. The highest BCUT2D eigenvalue weighted by Crippen LogP contribution is 2.44. The number of aliphatic hydroxyl groups is 1. The van der Waals surface area contributed by atoms with Crippen LogP contribution in [0.15, 0.2) is 53.7 Å². The van der Waals surface area contributed by atoms with Crippen LogP contribution in [0, 0.1) is 33.8 Å². The number of carbonyl (C=O) groups excluding carboxylic acids is 1. The van der Waals surface area contributed by atoms with Gasteiger partial charge >= 0.3 is 0 Å². The number of anilines is 1. The van der Waals surface area contributed by atoms with Crippen molar-refractivity contribution in [3.05, 3.63) is 87.3 Å². The van der Waals surface area contributed by atoms with Crippen LogP contribution in [0.5, 0.6) is 0 Å². The Morgan fingerprint density at radius 1 is 1.06 bits per heavy atom. The number of aromatic nitrogens is 3. The summed E-state index contributed by atoms with van der Waals surface area (Å²) in [6.07, 6.45) is -2.63. The molecule has 1 amide bonds. The van der Waals surface area contributed by atoms with E-state index in [0.717, 1.165) is 12.1 Å². The largest absolute Gasteiger partial charge is 0.408 e. The van der Waals surface area contributed by atoms with Gasteiger partial charge in [0.25, 0.3) is 18.4 Å². The highest BCUT2D eigenvalue weighted by molar-refractivity contribution is 7.93. The minimum atomic E-state index is -3.68. The molecular weight excluding hydrogens is 916 g/mol. The Morgan fingerprint density at radius 3 is 2.33 bits per heavy atom. The smallest absolute Gasteiger partial charge is 0.294 e. The van der Waals surface area contributed by atoms with E-state index in [1.54, 1.807) is 39.1 Å². The lowest BCUT2D eigenvalue weighted by molar-refractivity contribution is -0.121. The summed E-state index contributed by atoms with van der Waals surface area (Å²) in [5.74, 6) is -8.19. The molecule has 0 bridgehead atoms. The number of nitrogens with zero attached hydrogens (tertiary/aromatic N) is 3. The maximum absolute atomic E-state index is 15.2. The van der Waals surface area contributed by atoms with Crippen molar-refractivity contribution in [3.63, 3.8) is 0 Å². The Morgan fingerprint density at radius 2 is 1.71 bits per heavy atom. The molecule has 354 valence electrons. The zero-order valence-corrected chi connectivity index (χ0v) is 37.8. The number of allylic oxidation sites excluding steroid dienone is 2. The van der Waals surface area contributed by atoms with Crippen molar-refractivity contribution in [1.82, 2.24) is 25.4 Å². The number of halogens is 7. The van der Waals surface area contributed by atoms with E-state index >= 15 is 8.78 Å². The zero-order chi connectivity index (χ0) is 48.3. The lowest BCUT2D eigenvalue weighted by Crippen LogP contribution is -2.40. The second-order valence-electron chi connectivity index (χ2n) is 17.7. The van der Waals surface area contributed by atoms with Crippen molar-refractivity contribution in [2.24, 2.45) is 13.0 Å². The summed E-state index contributed by atoms with van der Waals surface area (Å²) in [4.78, 5) is 18.9. The van der Waals surface area contributed by atoms with Crippen molar-refractivity contribution < 1.29 is 49.4 Å². The Bertz CT molecular complexity index is 2770. The molecule has 2 saturated carbocycles. The number of hydrogen-bond acceptors (Lipinski definition) is 11. The van der Waals surface area contributed by atoms with Crippen molar-refractivity contribution in [2.75, 3.05) is 11.9 Å². The first-order chi connectivity index (χ1) is 30.8. The fraction of sp³-hybridized carbons (Fsp3) is 0.455. The maximum atomic E-state index is 15.2. The van der Waals surface area contributed by atoms with E-state index in [-0.39, 0.29) is 46.7 Å². The topological polar surface area (TPSA) is 219 Å². The summed E-state index contributed by atoms with van der Waals surface area (Å²) in [5, 5.41) is 46.7. The number of amidine groups is 1. The van der Waals surface area contributed by atoms with E-state index in [0.29, 0.717) is 54.1 Å². The second-order valence-corrected chi connectivity index (χ2v) is 21.0. The van der Waals surface area contributed by atoms with Gasteiger partial charge in [-0.25, -0.2) is 26.0 Å². The van der Waals surface area contributed by atoms with Crippen LogP contribution in [0.3, 0.4) is 0 Å². The van der Waals surface area contributed by atoms with Crippen molar-refractivity contribution in [1.29, 1.82) is 16.2 Å². The average molecular weight is 964 g/mol. The number of fused-ring (bicyclic) bond motifs is 1. The van der Waals surface area contributed by atoms with Gasteiger partial charge in [0.05, 0.1) is 49.9 Å². The highest BCUT2D eigenvalue weighted by atomic mass is 35.5. The van der Waals surface area contributed by atoms with Gasteiger partial charge in [-0.2, -0.15) is 13.9 Å². The third kappa shape index (κ3) is 9.92. The number of carbonyl (C=O) groups is 1. The van der Waals surface area contributed by atoms with E-state index in [1.807, 2.05) is 0 Å². The van der Waals surface area contributed by atoms with Crippen LogP contribution >= 0.6 is 11.6 Å². The molecule has 0 spiro atoms. The van der Waals surface area contributed by atoms with Crippen molar-refractivity contribution >= 4 is 61.7 Å². The van der Waals surface area contributed by atoms with Crippen LogP contribution in [-0.2, 0) is 39.3 Å². The average Bonchev–Trinajstić information content (AvgIpc) is 4.16. The van der Waals surface area contributed by atoms with Crippen LogP contribution in [0.4, 0.5) is 32.2 Å². The predicted octanol–water partition coefficient (Wildman–Crippen LogP) is 7.92. The number of aryl methyl sites for hydroxylation is 2. The molecule has 3 aliphatic rings. The molecule has 3 aliphatic carbocycles. The molecule has 2 aromatic heterocycles. The summed E-state index contributed by atoms with van der Waals surface area (Å²) in [6.45, 7) is 3.62. The van der Waals surface area contributed by atoms with Gasteiger partial charge in [0, 0.05) is 41.9 Å². The fourth-order valence-corrected chi connectivity index (χ4v) is 10.6. The molecule has 7 N–H and O–H groups in total. The molecule has 0 radical (unpaired) electrons. The number of amides is 1. The van der Waals surface area contributed by atoms with E-state index in [2.05, 4.69) is 21.0 Å². The molecule has 2 atom stereocenters. The Hall–Kier alpha value is -5.54. The molecule has 2 aromatic carbocycles. The van der Waals surface area contributed by atoms with Crippen molar-refractivity contribution in [2.45, 2.75) is 106 Å². The van der Waals surface area contributed by atoms with Gasteiger partial charge in [0.15, 0.2) is 15.7 Å². The lowest BCUT2D eigenvalue weighted by Gasteiger charge is -2.26. The molecule has 22 heteroatoms. The van der Waals surface area contributed by atoms with Gasteiger partial charge in [-0.15, -0.1) is 0 Å². The molecule has 66 heavy (non-hydrogen) atoms. The summed E-state index contributed by atoms with van der Waals surface area (Å²) in [6, 6.07) is 7.16. The van der Waals surface area contributed by atoms with Crippen molar-refractivity contribution in [3.8, 4) is 11.1 Å². The fourth-order valence-electron chi connectivity index (χ4n) is 8.28. The first kappa shape index (κ1) is 48.4. The third-order valence-electron chi connectivity index (χ3n) is 12.2. The van der Waals surface area contributed by atoms with Gasteiger partial charge < -0.3 is 20.5 Å². The van der Waals surface area contributed by atoms with Gasteiger partial charge in [-0.1, -0.05) is 30.7 Å². The Labute approximate surface area is 381 Å². The van der Waals surface area contributed by atoms with Crippen LogP contribution < -0.4 is 16.0 Å². The number of rotatable bonds is 17. The minimum absolute atomic E-state index is 0.0166. The van der Waals surface area contributed by atoms with E-state index in [4.69, 9.17) is 37.5 Å². The molecule has 4 aromatic rings. The first-order valence-corrected chi connectivity index (χ1v) is 23.0. The first-order valence-electron chi connectivity index (χ1n) is 21.0. The van der Waals surface area contributed by atoms with Gasteiger partial charge in [0.2, 0.25) is 11.8 Å². The monoisotopic (exact) mass is 963 g/mol. The standard InChI is InChI=1S/C44H48ClF6N9O5S/c1-21-19-44(50,51)37(32(21)34(52)38(48)49)55-20-31(61)57-30(17-22-15-23(46)18-24(47)16-22)35-27(8-5-25(56-35)11-12-42(2,3)66(63,64)26-6-7-26)28-9-10-29(45)33-36(28)60(4)59-39(33)58-41(54)65-40(53)43(62)13-14-43/h5,8-10,15-16,18,21,26,30,38,52-53,55,62H,6-7,11-14,17,19-20H2,1-4H3,(H,57,61)(H2,54,58,59)/t21-,30-/m0/s1. The molecule has 0 saturated heterocycles. The number of benzene rings is 2. The molecule has 2 heterocycles. The SMILES string of the molecule is C[C@H]1CC(F)(F)C(NCC(=O)N[C@@H](Cc2cc(F)cc(F)c2)c2nc(CCC(C)(C)S(=O)(=O)C3CC3)ccc2-c2ccc(Cl)c3c(NC(=N)OC(=N)C4(O)CC4)nn(C)c23)=C1C(=N)C(F)F. The number of ether oxygens (including phenoxy) is 1. The molecular formula is C44H48ClF6N9O5S. The molecule has 0 unspecified atom stereocenters. The summed E-state index contributed by atoms with van der Waals surface area (Å²) in [7, 11) is -1.96. The molecule has 2 fully saturated rings. The third-order valence-corrected chi connectivity index (χ3v) is 15.6. The highest BCUT2D eigenvalue weighted by Gasteiger charge is 2.49. The molecule has 7 rings (SSSR count). The summed E-state index contributed by atoms with van der Waals surface area (Å²) >= 11 is 6.75. The van der Waals surface area contributed by atoms with Gasteiger partial charge in [-0.3, -0.25) is 36.0 Å². The van der Waals surface area contributed by atoms with Gasteiger partial charge in [-0.05, 0) is 94.5 Å². The lowest BCUT2D eigenvalue weighted by atomic mass is 9.93. The van der Waals surface area contributed by atoms with E-state index in [1.165, 1.54) is 17.7 Å². The number of alkyl halides is 4. The number of hydrogen-bond donors (Lipinski definition) is 7. The number of sulfone groups is 1. The summed E-state index contributed by atoms with van der Waals surface area (Å²) < 4.78 is 120. The van der Waals surface area contributed by atoms with E-state index in [9.17, 15) is 35.9 Å². The Kier molecular flexibility index (Phi) is 13.1. The molecule has 0 aliphatic heterocycles. The van der Waals surface area contributed by atoms with Crippen LogP contribution in [-0.4, -0.2) is 86.3 Å². The Balaban J connectivity index is 1.32. The minimum Gasteiger partial charge on any atom is -0.408 e. The normalized spacial score (nSPS) is 18.3. The number of nitrogens with one attached hydrogen (secondary N) is 6. The second kappa shape index (κ2) is 17.9. The van der Waals surface area contributed by atoms with Gasteiger partial charge in [0.1, 0.15) is 22.9 Å². The number of pyridine rings is 1.